The molecule has 6 rings (SSSR count). The van der Waals surface area contributed by atoms with E-state index in [-0.39, 0.29) is 0 Å². The van der Waals surface area contributed by atoms with E-state index in [0.29, 0.717) is 5.88 Å². The van der Waals surface area contributed by atoms with Gasteiger partial charge < -0.3 is 10.2 Å². The van der Waals surface area contributed by atoms with Crippen molar-refractivity contribution in [3.05, 3.63) is 109 Å². The van der Waals surface area contributed by atoms with Crippen molar-refractivity contribution >= 4 is 5.88 Å². The van der Waals surface area contributed by atoms with Gasteiger partial charge in [-0.1, -0.05) is 119 Å². The highest BCUT2D eigenvalue weighted by Crippen LogP contribution is 2.29. The van der Waals surface area contributed by atoms with Gasteiger partial charge in [0.25, 0.3) is 0 Å². The highest BCUT2D eigenvalue weighted by Gasteiger charge is 2.08. The second-order valence-electron chi connectivity index (χ2n) is 9.31. The van der Waals surface area contributed by atoms with Gasteiger partial charge in [-0.15, -0.1) is 0 Å². The van der Waals surface area contributed by atoms with Gasteiger partial charge in [0.15, 0.2) is 5.88 Å². The normalized spacial score (nSPS) is 13.6. The summed E-state index contributed by atoms with van der Waals surface area (Å²) in [6, 6.07) is 15.7. The predicted molar refractivity (Wildman–Crippen MR) is 173 cm³/mol. The van der Waals surface area contributed by atoms with Crippen molar-refractivity contribution in [3.63, 3.8) is 0 Å². The van der Waals surface area contributed by atoms with Crippen LogP contribution >= 0.6 is 0 Å². The molecule has 39 heavy (non-hydrogen) atoms. The molecule has 0 radical (unpaired) electrons. The van der Waals surface area contributed by atoms with Crippen LogP contribution in [0.1, 0.15) is 84.6 Å². The number of nitrogen functional groups attached to an aromatic ring is 1. The van der Waals surface area contributed by atoms with Gasteiger partial charge in [-0.3, -0.25) is 4.98 Å². The molecule has 3 heteroatoms. The summed E-state index contributed by atoms with van der Waals surface area (Å²) in [5, 5.41) is 0. The fraction of sp³-hybridized carbons (Fsp3) is 0.361. The summed E-state index contributed by atoms with van der Waals surface area (Å²) >= 11 is 0. The minimum Gasteiger partial charge on any atom is -0.441 e. The van der Waals surface area contributed by atoms with Gasteiger partial charge in [0, 0.05) is 23.4 Å². The average Bonchev–Trinajstić information content (AvgIpc) is 3.89. The Balaban J connectivity index is 0.000000308. The average molecular weight is 527 g/mol. The number of aryl methyl sites for hydroxylation is 1. The number of aromatic nitrogens is 1. The number of allylic oxidation sites excluding steroid dienone is 7. The zero-order valence-corrected chi connectivity index (χ0v) is 25.0. The molecule has 3 aliphatic carbocycles. The van der Waals surface area contributed by atoms with E-state index < -0.39 is 0 Å². The molecule has 210 valence electrons. The highest BCUT2D eigenvalue weighted by atomic mass is 16.3. The molecule has 2 heterocycles. The lowest BCUT2D eigenvalue weighted by Gasteiger charge is -2.07. The predicted octanol–water partition coefficient (Wildman–Crippen LogP) is 11.3. The van der Waals surface area contributed by atoms with Crippen molar-refractivity contribution in [1.29, 1.82) is 0 Å². The minimum atomic E-state index is 0.426. The van der Waals surface area contributed by atoms with E-state index in [1.165, 1.54) is 62.5 Å². The number of benzene rings is 1. The first kappa shape index (κ1) is 33.4. The maximum absolute atomic E-state index is 5.62. The molecule has 0 unspecified atom stereocenters. The largest absolute Gasteiger partial charge is 0.441 e. The van der Waals surface area contributed by atoms with Crippen LogP contribution in [0.4, 0.5) is 5.88 Å². The van der Waals surface area contributed by atoms with Gasteiger partial charge in [-0.2, -0.15) is 0 Å². The Morgan fingerprint density at radius 2 is 1.62 bits per heavy atom. The van der Waals surface area contributed by atoms with Crippen molar-refractivity contribution in [3.8, 4) is 22.6 Å². The molecular formula is C36H50N2O. The molecule has 0 bridgehead atoms. The molecule has 0 atom stereocenters. The number of rotatable bonds is 3. The molecule has 3 aromatic rings. The van der Waals surface area contributed by atoms with Gasteiger partial charge >= 0.3 is 0 Å². The number of furan rings is 1. The molecule has 0 aliphatic heterocycles. The topological polar surface area (TPSA) is 52.0 Å². The van der Waals surface area contributed by atoms with Crippen molar-refractivity contribution < 1.29 is 4.42 Å². The van der Waals surface area contributed by atoms with Crippen LogP contribution in [0.15, 0.2) is 108 Å². The van der Waals surface area contributed by atoms with Crippen LogP contribution in [0.25, 0.3) is 22.6 Å². The van der Waals surface area contributed by atoms with E-state index in [2.05, 4.69) is 55.8 Å². The first-order valence-electron chi connectivity index (χ1n) is 14.5. The molecule has 3 nitrogen and oxygen atoms in total. The Hall–Kier alpha value is -3.59. The second kappa shape index (κ2) is 21.4. The third-order valence-electron chi connectivity index (χ3n) is 5.35. The number of pyridine rings is 1. The zero-order valence-electron chi connectivity index (χ0n) is 25.0. The van der Waals surface area contributed by atoms with E-state index in [4.69, 9.17) is 10.2 Å². The van der Waals surface area contributed by atoms with Crippen LogP contribution in [0.2, 0.25) is 0 Å². The summed E-state index contributed by atoms with van der Waals surface area (Å²) in [4.78, 5) is 4.39. The quantitative estimate of drug-likeness (QED) is 0.345. The first-order valence-corrected chi connectivity index (χ1v) is 14.5. The van der Waals surface area contributed by atoms with Crippen LogP contribution < -0.4 is 5.73 Å². The summed E-state index contributed by atoms with van der Waals surface area (Å²) in [5.41, 5.74) is 11.4. The van der Waals surface area contributed by atoms with Crippen LogP contribution in [0, 0.1) is 6.92 Å². The van der Waals surface area contributed by atoms with E-state index in [0.717, 1.165) is 22.6 Å². The van der Waals surface area contributed by atoms with E-state index in [9.17, 15) is 0 Å². The maximum Gasteiger partial charge on any atom is 0.190 e. The lowest BCUT2D eigenvalue weighted by Crippen LogP contribution is -1.87. The fourth-order valence-corrected chi connectivity index (χ4v) is 2.94. The van der Waals surface area contributed by atoms with Crippen LogP contribution in [-0.4, -0.2) is 4.98 Å². The number of nitrogens with zero attached hydrogens (tertiary/aromatic N) is 1. The maximum atomic E-state index is 5.62. The second-order valence-corrected chi connectivity index (χ2v) is 9.31. The number of nitrogens with two attached hydrogens (primary N) is 1. The number of hydrogen-bond donors (Lipinski definition) is 1. The van der Waals surface area contributed by atoms with E-state index in [1.807, 2.05) is 63.3 Å². The van der Waals surface area contributed by atoms with Gasteiger partial charge in [0.2, 0.25) is 0 Å². The van der Waals surface area contributed by atoms with Crippen LogP contribution in [0.3, 0.4) is 0 Å². The summed E-state index contributed by atoms with van der Waals surface area (Å²) < 4.78 is 5.46. The van der Waals surface area contributed by atoms with Crippen LogP contribution in [0.5, 0.6) is 0 Å². The summed E-state index contributed by atoms with van der Waals surface area (Å²) in [7, 11) is 0. The lowest BCUT2D eigenvalue weighted by atomic mass is 10.0. The Kier molecular flexibility index (Phi) is 18.3. The third-order valence-corrected chi connectivity index (χ3v) is 5.35. The third kappa shape index (κ3) is 16.8. The molecule has 2 N–H and O–H groups in total. The molecule has 2 aromatic heterocycles. The monoisotopic (exact) mass is 526 g/mol. The summed E-state index contributed by atoms with van der Waals surface area (Å²) in [6.45, 7) is 13.7. The molecule has 0 amide bonds. The minimum absolute atomic E-state index is 0.426. The Morgan fingerprint density at radius 1 is 0.923 bits per heavy atom. The van der Waals surface area contributed by atoms with Gasteiger partial charge in [-0.05, 0) is 63.4 Å². The summed E-state index contributed by atoms with van der Waals surface area (Å²) in [5.74, 6) is 1.20. The van der Waals surface area contributed by atoms with Gasteiger partial charge in [0.1, 0.15) is 5.76 Å². The highest BCUT2D eigenvalue weighted by molar-refractivity contribution is 5.72. The van der Waals surface area contributed by atoms with Crippen molar-refractivity contribution in [2.75, 3.05) is 5.73 Å². The molecule has 2 fully saturated rings. The number of anilines is 1. The Morgan fingerprint density at radius 3 is 2.00 bits per heavy atom. The fourth-order valence-electron chi connectivity index (χ4n) is 2.94. The summed E-state index contributed by atoms with van der Waals surface area (Å²) in [6.07, 6.45) is 25.4. The SMILES string of the molecule is C1CC1.C1CC1.C=C/C=C\C.CC.CC1=CC=CCC1.Cc1ccc(-c2ccc(N)o2)cc1-c1ccccn1. The Bertz CT molecular complexity index is 1120. The van der Waals surface area contributed by atoms with Crippen molar-refractivity contribution in [2.24, 2.45) is 0 Å². The first-order chi connectivity index (χ1) is 19.0. The standard InChI is InChI=1S/C16H14N2O.C7H10.C5H8.2C3H6.C2H6/c1-11-5-6-12(15-7-8-16(17)19-15)10-13(11)14-4-2-3-9-18-14;1-7-5-3-2-4-6-7;1-3-5-4-2;2*1-2-3-1;1-2/h2-10H,17H2,1H3;2-3,5H,4,6H2,1H3;3-5H,1H2,2H3;2*1-3H2;1-2H3/b;;5-4-;;;. The van der Waals surface area contributed by atoms with Crippen molar-refractivity contribution in [2.45, 2.75) is 86.0 Å². The number of hydrogen-bond acceptors (Lipinski definition) is 3. The van der Waals surface area contributed by atoms with E-state index >= 15 is 0 Å². The molecule has 1 aromatic carbocycles. The van der Waals surface area contributed by atoms with Gasteiger partial charge in [-0.25, -0.2) is 0 Å². The zero-order chi connectivity index (χ0) is 28.7. The molecule has 0 saturated heterocycles. The smallest absolute Gasteiger partial charge is 0.190 e. The molecule has 0 spiro atoms. The van der Waals surface area contributed by atoms with Crippen molar-refractivity contribution in [1.82, 2.24) is 4.98 Å². The molecule has 2 saturated carbocycles. The molecule has 3 aliphatic rings. The molecular weight excluding hydrogens is 476 g/mol. The van der Waals surface area contributed by atoms with Gasteiger partial charge in [0.05, 0.1) is 5.69 Å². The lowest BCUT2D eigenvalue weighted by molar-refractivity contribution is 0.603. The Labute approximate surface area is 238 Å². The van der Waals surface area contributed by atoms with E-state index in [1.54, 1.807) is 18.3 Å². The van der Waals surface area contributed by atoms with Crippen LogP contribution in [-0.2, 0) is 0 Å².